The van der Waals surface area contributed by atoms with Gasteiger partial charge in [-0.05, 0) is 26.2 Å². The predicted molar refractivity (Wildman–Crippen MR) is 76.3 cm³/mol. The van der Waals surface area contributed by atoms with E-state index in [1.54, 1.807) is 4.90 Å². The largest absolute Gasteiger partial charge is 0.377 e. The lowest BCUT2D eigenvalue weighted by Gasteiger charge is -2.23. The van der Waals surface area contributed by atoms with Crippen LogP contribution in [0.1, 0.15) is 10.4 Å². The number of hydrogen-bond donors (Lipinski definition) is 0. The summed E-state index contributed by atoms with van der Waals surface area (Å²) in [6.45, 7) is 1.60. The van der Waals surface area contributed by atoms with Gasteiger partial charge in [0.1, 0.15) is 0 Å². The van der Waals surface area contributed by atoms with Crippen LogP contribution in [-0.2, 0) is 0 Å². The van der Waals surface area contributed by atoms with E-state index < -0.39 is 0 Å². The molecule has 0 saturated carbocycles. The van der Waals surface area contributed by atoms with E-state index in [2.05, 4.69) is 4.90 Å². The topological polar surface area (TPSA) is 26.8 Å². The number of carbonyl (C=O) groups excluding carboxylic acids is 1. The summed E-state index contributed by atoms with van der Waals surface area (Å²) >= 11 is 0. The molecule has 0 atom stereocenters. The van der Waals surface area contributed by atoms with Gasteiger partial charge in [0, 0.05) is 39.9 Å². The molecule has 0 aromatic heterocycles. The zero-order chi connectivity index (χ0) is 13.7. The van der Waals surface area contributed by atoms with Crippen LogP contribution in [0.5, 0.6) is 0 Å². The van der Waals surface area contributed by atoms with Crippen molar-refractivity contribution in [2.24, 2.45) is 0 Å². The zero-order valence-corrected chi connectivity index (χ0v) is 12.0. The van der Waals surface area contributed by atoms with Crippen LogP contribution in [0.2, 0.25) is 0 Å². The molecule has 1 amide bonds. The molecule has 0 bridgehead atoms. The summed E-state index contributed by atoms with van der Waals surface area (Å²) in [7, 11) is 9.76. The molecule has 4 nitrogen and oxygen atoms in total. The van der Waals surface area contributed by atoms with Crippen molar-refractivity contribution in [2.75, 3.05) is 53.2 Å². The lowest BCUT2D eigenvalue weighted by molar-refractivity contribution is 0.0787. The number of amides is 1. The zero-order valence-electron chi connectivity index (χ0n) is 12.0. The maximum absolute atomic E-state index is 12.4. The van der Waals surface area contributed by atoms with E-state index in [4.69, 9.17) is 0 Å². The molecule has 1 rings (SSSR count). The summed E-state index contributed by atoms with van der Waals surface area (Å²) < 4.78 is 0. The molecule has 0 radical (unpaired) electrons. The third-order valence-electron chi connectivity index (χ3n) is 2.85. The van der Waals surface area contributed by atoms with Crippen LogP contribution >= 0.6 is 0 Å². The Hall–Kier alpha value is -1.55. The number of anilines is 1. The first kappa shape index (κ1) is 14.5. The highest BCUT2D eigenvalue weighted by atomic mass is 16.2. The van der Waals surface area contributed by atoms with E-state index in [0.29, 0.717) is 0 Å². The van der Waals surface area contributed by atoms with Gasteiger partial charge >= 0.3 is 0 Å². The molecule has 0 unspecified atom stereocenters. The number of likely N-dealkylation sites (N-methyl/N-ethyl adjacent to an activating group) is 2. The molecule has 1 aromatic carbocycles. The number of carbonyl (C=O) groups is 1. The summed E-state index contributed by atoms with van der Waals surface area (Å²) in [5, 5.41) is 0. The first-order valence-electron chi connectivity index (χ1n) is 6.10. The number of benzene rings is 1. The second-order valence-corrected chi connectivity index (χ2v) is 4.94. The average molecular weight is 249 g/mol. The first-order valence-corrected chi connectivity index (χ1v) is 6.10. The van der Waals surface area contributed by atoms with Crippen molar-refractivity contribution < 1.29 is 4.79 Å². The number of rotatable bonds is 5. The highest BCUT2D eigenvalue weighted by Gasteiger charge is 2.16. The Labute approximate surface area is 110 Å². The second-order valence-electron chi connectivity index (χ2n) is 4.94. The molecule has 0 spiro atoms. The lowest BCUT2D eigenvalue weighted by atomic mass is 10.1. The molecule has 100 valence electrons. The van der Waals surface area contributed by atoms with Crippen molar-refractivity contribution in [1.29, 1.82) is 0 Å². The van der Waals surface area contributed by atoms with Gasteiger partial charge in [0.15, 0.2) is 0 Å². The minimum atomic E-state index is 0.0705. The van der Waals surface area contributed by atoms with Crippen LogP contribution in [0.4, 0.5) is 5.69 Å². The molecule has 0 heterocycles. The Kier molecular flexibility index (Phi) is 5.16. The van der Waals surface area contributed by atoms with Crippen molar-refractivity contribution in [2.45, 2.75) is 0 Å². The summed E-state index contributed by atoms with van der Waals surface area (Å²) in [4.78, 5) is 18.2. The summed E-state index contributed by atoms with van der Waals surface area (Å²) in [5.74, 6) is 0.0705. The van der Waals surface area contributed by atoms with Crippen LogP contribution in [0.25, 0.3) is 0 Å². The molecule has 0 aliphatic carbocycles. The van der Waals surface area contributed by atoms with E-state index >= 15 is 0 Å². The SMILES string of the molecule is CN(C)CCN(C)C(=O)c1ccccc1N(C)C. The Morgan fingerprint density at radius 2 is 1.61 bits per heavy atom. The van der Waals surface area contributed by atoms with E-state index in [9.17, 15) is 4.79 Å². The molecule has 0 N–H and O–H groups in total. The van der Waals surface area contributed by atoms with Crippen molar-refractivity contribution in [3.63, 3.8) is 0 Å². The van der Waals surface area contributed by atoms with E-state index in [0.717, 1.165) is 24.3 Å². The summed E-state index contributed by atoms with van der Waals surface area (Å²) in [6.07, 6.45) is 0. The van der Waals surface area contributed by atoms with Gasteiger partial charge in [-0.1, -0.05) is 12.1 Å². The van der Waals surface area contributed by atoms with Gasteiger partial charge in [0.05, 0.1) is 5.56 Å². The molecular weight excluding hydrogens is 226 g/mol. The van der Waals surface area contributed by atoms with Gasteiger partial charge in [-0.3, -0.25) is 4.79 Å². The van der Waals surface area contributed by atoms with Gasteiger partial charge in [-0.2, -0.15) is 0 Å². The van der Waals surface area contributed by atoms with Crippen molar-refractivity contribution in [3.8, 4) is 0 Å². The van der Waals surface area contributed by atoms with Gasteiger partial charge in [0.2, 0.25) is 0 Å². The van der Waals surface area contributed by atoms with Crippen LogP contribution in [0, 0.1) is 0 Å². The monoisotopic (exact) mass is 249 g/mol. The Morgan fingerprint density at radius 3 is 2.17 bits per heavy atom. The molecule has 18 heavy (non-hydrogen) atoms. The highest BCUT2D eigenvalue weighted by molar-refractivity contribution is 5.99. The Morgan fingerprint density at radius 1 is 1.00 bits per heavy atom. The van der Waals surface area contributed by atoms with Gasteiger partial charge < -0.3 is 14.7 Å². The van der Waals surface area contributed by atoms with Crippen LogP contribution in [0.15, 0.2) is 24.3 Å². The number of hydrogen-bond acceptors (Lipinski definition) is 3. The molecule has 0 aliphatic heterocycles. The number of para-hydroxylation sites is 1. The number of nitrogens with zero attached hydrogens (tertiary/aromatic N) is 3. The lowest BCUT2D eigenvalue weighted by Crippen LogP contribution is -2.34. The average Bonchev–Trinajstić information content (AvgIpc) is 2.34. The third-order valence-corrected chi connectivity index (χ3v) is 2.85. The van der Waals surface area contributed by atoms with Gasteiger partial charge in [0.25, 0.3) is 5.91 Å². The van der Waals surface area contributed by atoms with Gasteiger partial charge in [-0.25, -0.2) is 0 Å². The van der Waals surface area contributed by atoms with Gasteiger partial charge in [-0.15, -0.1) is 0 Å². The van der Waals surface area contributed by atoms with E-state index in [1.165, 1.54) is 0 Å². The summed E-state index contributed by atoms with van der Waals surface area (Å²) in [5.41, 5.74) is 1.71. The van der Waals surface area contributed by atoms with Crippen LogP contribution in [-0.4, -0.2) is 64.0 Å². The van der Waals surface area contributed by atoms with E-state index in [-0.39, 0.29) is 5.91 Å². The Balaban J connectivity index is 2.83. The molecule has 0 saturated heterocycles. The molecular formula is C14H23N3O. The van der Waals surface area contributed by atoms with Crippen LogP contribution < -0.4 is 4.90 Å². The molecule has 1 aromatic rings. The van der Waals surface area contributed by atoms with Crippen molar-refractivity contribution >= 4 is 11.6 Å². The maximum atomic E-state index is 12.4. The third kappa shape index (κ3) is 3.74. The fourth-order valence-electron chi connectivity index (χ4n) is 1.70. The second kappa shape index (κ2) is 6.40. The highest BCUT2D eigenvalue weighted by Crippen LogP contribution is 2.19. The normalized spacial score (nSPS) is 10.6. The molecule has 0 aliphatic rings. The maximum Gasteiger partial charge on any atom is 0.255 e. The summed E-state index contributed by atoms with van der Waals surface area (Å²) in [6, 6.07) is 7.70. The first-order chi connectivity index (χ1) is 8.43. The molecule has 0 fully saturated rings. The minimum Gasteiger partial charge on any atom is -0.377 e. The van der Waals surface area contributed by atoms with Crippen molar-refractivity contribution in [3.05, 3.63) is 29.8 Å². The fraction of sp³-hybridized carbons (Fsp3) is 0.500. The molecule has 4 heteroatoms. The van der Waals surface area contributed by atoms with Crippen molar-refractivity contribution in [1.82, 2.24) is 9.80 Å². The smallest absolute Gasteiger partial charge is 0.255 e. The predicted octanol–water partition coefficient (Wildman–Crippen LogP) is 1.39. The standard InChI is InChI=1S/C14H23N3O/c1-15(2)10-11-17(5)14(18)12-8-6-7-9-13(12)16(3)4/h6-9H,10-11H2,1-5H3. The minimum absolute atomic E-state index is 0.0705. The van der Waals surface area contributed by atoms with E-state index in [1.807, 2.05) is 64.4 Å². The Bertz CT molecular complexity index is 402. The van der Waals surface area contributed by atoms with Crippen LogP contribution in [0.3, 0.4) is 0 Å². The fourth-order valence-corrected chi connectivity index (χ4v) is 1.70. The quantitative estimate of drug-likeness (QED) is 0.789.